The zero-order valence-corrected chi connectivity index (χ0v) is 22.1. The Kier molecular flexibility index (Phi) is 7.11. The number of azo groups is 1. The van der Waals surface area contributed by atoms with E-state index in [2.05, 4.69) is 24.1 Å². The van der Waals surface area contributed by atoms with Crippen molar-refractivity contribution in [3.8, 4) is 39.9 Å². The maximum atomic E-state index is 11.3. The molecule has 4 aromatic carbocycles. The summed E-state index contributed by atoms with van der Waals surface area (Å²) >= 11 is 0. The Hall–Kier alpha value is -5.31. The highest BCUT2D eigenvalue weighted by Crippen LogP contribution is 2.44. The molecule has 0 bridgehead atoms. The molecular formula is C31H27N3O6. The van der Waals surface area contributed by atoms with Crippen LogP contribution in [0.3, 0.4) is 0 Å². The number of fused-ring (bicyclic) bond motifs is 1. The number of aromatic nitrogens is 1. The van der Waals surface area contributed by atoms with Crippen molar-refractivity contribution < 1.29 is 29.6 Å². The van der Waals surface area contributed by atoms with Crippen LogP contribution in [0.2, 0.25) is 0 Å². The first-order valence-corrected chi connectivity index (χ1v) is 12.5. The summed E-state index contributed by atoms with van der Waals surface area (Å²) in [6.45, 7) is 4.24. The van der Waals surface area contributed by atoms with Gasteiger partial charge in [-0.15, -0.1) is 10.2 Å². The zero-order chi connectivity index (χ0) is 28.4. The molecule has 1 aromatic heterocycles. The van der Waals surface area contributed by atoms with E-state index in [4.69, 9.17) is 14.6 Å². The summed E-state index contributed by atoms with van der Waals surface area (Å²) in [5.74, 6) is 0.796. The van der Waals surface area contributed by atoms with Gasteiger partial charge in [0.2, 0.25) is 5.88 Å². The van der Waals surface area contributed by atoms with Gasteiger partial charge in [0.05, 0.1) is 12.6 Å². The molecule has 9 heteroatoms. The molecule has 0 saturated carbocycles. The molecule has 40 heavy (non-hydrogen) atoms. The first kappa shape index (κ1) is 26.3. The molecule has 1 heterocycles. The molecule has 0 aliphatic carbocycles. The second kappa shape index (κ2) is 10.8. The summed E-state index contributed by atoms with van der Waals surface area (Å²) < 4.78 is 11.8. The summed E-state index contributed by atoms with van der Waals surface area (Å²) in [6, 6.07) is 24.6. The number of ether oxygens (including phenoxy) is 2. The molecule has 0 amide bonds. The number of aromatic hydroxyl groups is 2. The van der Waals surface area contributed by atoms with Crippen LogP contribution in [-0.2, 0) is 0 Å². The summed E-state index contributed by atoms with van der Waals surface area (Å²) in [4.78, 5) is 10.9. The van der Waals surface area contributed by atoms with Gasteiger partial charge in [0, 0.05) is 16.6 Å². The summed E-state index contributed by atoms with van der Waals surface area (Å²) in [6.07, 6.45) is -1.43. The minimum atomic E-state index is -1.43. The van der Waals surface area contributed by atoms with Crippen molar-refractivity contribution in [3.05, 3.63) is 90.5 Å². The Bertz CT molecular complexity index is 1740. The van der Waals surface area contributed by atoms with Crippen molar-refractivity contribution >= 4 is 28.4 Å². The Morgan fingerprint density at radius 1 is 0.875 bits per heavy atom. The topological polar surface area (TPSA) is 126 Å². The SMILES string of the molecule is COc1ccc2c(c1)c(N=Nc1cccc(-c3cccc(OC(=O)O)c3)c1O)c(O)n2-c1ccc(C(C)C)cc1. The lowest BCUT2D eigenvalue weighted by atomic mass is 10.0. The predicted molar refractivity (Wildman–Crippen MR) is 152 cm³/mol. The second-order valence-electron chi connectivity index (χ2n) is 9.41. The second-order valence-corrected chi connectivity index (χ2v) is 9.41. The fraction of sp³-hybridized carbons (Fsp3) is 0.129. The van der Waals surface area contributed by atoms with Crippen LogP contribution >= 0.6 is 0 Å². The van der Waals surface area contributed by atoms with Crippen LogP contribution in [0.1, 0.15) is 25.3 Å². The van der Waals surface area contributed by atoms with Crippen LogP contribution in [-0.4, -0.2) is 33.2 Å². The minimum Gasteiger partial charge on any atom is -0.505 e. The summed E-state index contributed by atoms with van der Waals surface area (Å²) in [7, 11) is 1.56. The molecule has 5 rings (SSSR count). The molecule has 0 atom stereocenters. The Morgan fingerprint density at radius 3 is 2.33 bits per heavy atom. The van der Waals surface area contributed by atoms with E-state index in [9.17, 15) is 15.0 Å². The monoisotopic (exact) mass is 537 g/mol. The molecule has 9 nitrogen and oxygen atoms in total. The number of carboxylic acid groups (broad SMARTS) is 1. The first-order valence-electron chi connectivity index (χ1n) is 12.5. The number of phenols is 1. The van der Waals surface area contributed by atoms with Gasteiger partial charge in [-0.2, -0.15) is 0 Å². The Balaban J connectivity index is 1.59. The average molecular weight is 538 g/mol. The van der Waals surface area contributed by atoms with Crippen LogP contribution in [0.25, 0.3) is 27.7 Å². The van der Waals surface area contributed by atoms with Crippen LogP contribution < -0.4 is 9.47 Å². The van der Waals surface area contributed by atoms with Gasteiger partial charge in [-0.05, 0) is 65.6 Å². The van der Waals surface area contributed by atoms with Crippen molar-refractivity contribution in [2.24, 2.45) is 10.2 Å². The highest BCUT2D eigenvalue weighted by atomic mass is 16.7. The maximum Gasteiger partial charge on any atom is 0.511 e. The van der Waals surface area contributed by atoms with Crippen LogP contribution in [0.5, 0.6) is 23.1 Å². The molecule has 0 spiro atoms. The number of para-hydroxylation sites is 1. The van der Waals surface area contributed by atoms with Crippen LogP contribution in [0.15, 0.2) is 95.2 Å². The third kappa shape index (κ3) is 5.04. The zero-order valence-electron chi connectivity index (χ0n) is 22.1. The number of phenolic OH excluding ortho intramolecular Hbond substituents is 1. The number of carbonyl (C=O) groups is 1. The van der Waals surface area contributed by atoms with Crippen molar-refractivity contribution in [2.75, 3.05) is 7.11 Å². The third-order valence-corrected chi connectivity index (χ3v) is 6.56. The van der Waals surface area contributed by atoms with E-state index < -0.39 is 6.16 Å². The van der Waals surface area contributed by atoms with Crippen molar-refractivity contribution in [3.63, 3.8) is 0 Å². The Labute approximate surface area is 230 Å². The lowest BCUT2D eigenvalue weighted by Crippen LogP contribution is -2.02. The molecule has 0 unspecified atom stereocenters. The van der Waals surface area contributed by atoms with E-state index in [1.54, 1.807) is 54.1 Å². The van der Waals surface area contributed by atoms with Gasteiger partial charge >= 0.3 is 6.16 Å². The van der Waals surface area contributed by atoms with E-state index >= 15 is 0 Å². The molecule has 202 valence electrons. The van der Waals surface area contributed by atoms with Gasteiger partial charge in [0.25, 0.3) is 0 Å². The maximum absolute atomic E-state index is 11.3. The van der Waals surface area contributed by atoms with Crippen molar-refractivity contribution in [1.82, 2.24) is 4.57 Å². The normalized spacial score (nSPS) is 11.4. The number of hydrogen-bond acceptors (Lipinski definition) is 7. The van der Waals surface area contributed by atoms with Crippen molar-refractivity contribution in [1.29, 1.82) is 0 Å². The van der Waals surface area contributed by atoms with Crippen LogP contribution in [0, 0.1) is 0 Å². The standard InChI is InChI=1S/C31H27N3O6/c1-18(2)19-10-12-21(13-11-19)34-27-15-14-22(39-3)17-25(27)28(30(34)36)33-32-26-9-5-8-24(29(26)35)20-6-4-7-23(16-20)40-31(37)38/h4-18,35-36H,1-3H3,(H,37,38). The molecule has 5 aromatic rings. The van der Waals surface area contributed by atoms with E-state index in [0.29, 0.717) is 33.7 Å². The van der Waals surface area contributed by atoms with E-state index in [1.807, 2.05) is 30.3 Å². The van der Waals surface area contributed by atoms with Gasteiger partial charge in [-0.3, -0.25) is 4.57 Å². The lowest BCUT2D eigenvalue weighted by molar-refractivity contribution is 0.144. The summed E-state index contributed by atoms with van der Waals surface area (Å²) in [5.41, 5.74) is 3.95. The Morgan fingerprint density at radius 2 is 1.62 bits per heavy atom. The molecule has 0 radical (unpaired) electrons. The smallest absolute Gasteiger partial charge is 0.505 e. The highest BCUT2D eigenvalue weighted by Gasteiger charge is 2.20. The average Bonchev–Trinajstić information content (AvgIpc) is 3.22. The minimum absolute atomic E-state index is 0.113. The fourth-order valence-electron chi connectivity index (χ4n) is 4.51. The number of hydrogen-bond donors (Lipinski definition) is 3. The summed E-state index contributed by atoms with van der Waals surface area (Å²) in [5, 5.41) is 40.5. The molecular weight excluding hydrogens is 510 g/mol. The first-order chi connectivity index (χ1) is 19.3. The quantitative estimate of drug-likeness (QED) is 0.109. The van der Waals surface area contributed by atoms with Gasteiger partial charge in [0.15, 0.2) is 11.4 Å². The van der Waals surface area contributed by atoms with Gasteiger partial charge in [-0.25, -0.2) is 4.79 Å². The van der Waals surface area contributed by atoms with Gasteiger partial charge in [0.1, 0.15) is 17.2 Å². The van der Waals surface area contributed by atoms with Crippen molar-refractivity contribution in [2.45, 2.75) is 19.8 Å². The number of methoxy groups -OCH3 is 1. The highest BCUT2D eigenvalue weighted by molar-refractivity contribution is 5.97. The number of benzene rings is 4. The number of rotatable bonds is 7. The van der Waals surface area contributed by atoms with E-state index in [-0.39, 0.29) is 28.8 Å². The predicted octanol–water partition coefficient (Wildman–Crippen LogP) is 8.31. The van der Waals surface area contributed by atoms with E-state index in [1.165, 1.54) is 17.7 Å². The fourth-order valence-corrected chi connectivity index (χ4v) is 4.51. The van der Waals surface area contributed by atoms with Gasteiger partial charge < -0.3 is 24.8 Å². The molecule has 0 saturated heterocycles. The van der Waals surface area contributed by atoms with E-state index in [0.717, 1.165) is 5.69 Å². The lowest BCUT2D eigenvalue weighted by Gasteiger charge is -2.10. The molecule has 0 aliphatic heterocycles. The van der Waals surface area contributed by atoms with Gasteiger partial charge in [-0.1, -0.05) is 50.2 Å². The molecule has 3 N–H and O–H groups in total. The van der Waals surface area contributed by atoms with Crippen LogP contribution in [0.4, 0.5) is 16.2 Å². The number of nitrogens with zero attached hydrogens (tertiary/aromatic N) is 3. The largest absolute Gasteiger partial charge is 0.511 e. The third-order valence-electron chi connectivity index (χ3n) is 6.56. The molecule has 0 fully saturated rings. The molecule has 0 aliphatic rings.